The number of halogens is 2. The fourth-order valence-corrected chi connectivity index (χ4v) is 2.88. The summed E-state index contributed by atoms with van der Waals surface area (Å²) in [7, 11) is 0. The van der Waals surface area contributed by atoms with Crippen LogP contribution >= 0.6 is 23.2 Å². The lowest BCUT2D eigenvalue weighted by Gasteiger charge is -2.30. The predicted octanol–water partition coefficient (Wildman–Crippen LogP) is 2.71. The van der Waals surface area contributed by atoms with Gasteiger partial charge in [0.2, 0.25) is 0 Å². The largest absolute Gasteiger partial charge is 0.349 e. The number of nitrogens with one attached hydrogen (secondary N) is 1. The Bertz CT molecular complexity index is 513. The fraction of sp³-hybridized carbons (Fsp3) is 0.429. The summed E-state index contributed by atoms with van der Waals surface area (Å²) < 4.78 is 0. The first-order chi connectivity index (χ1) is 9.61. The fourth-order valence-electron chi connectivity index (χ4n) is 2.31. The molecular formula is C14H15Cl2N3O. The lowest BCUT2D eigenvalue weighted by molar-refractivity contribution is 0.0914. The summed E-state index contributed by atoms with van der Waals surface area (Å²) in [4.78, 5) is 14.3. The van der Waals surface area contributed by atoms with Crippen molar-refractivity contribution in [2.45, 2.75) is 18.9 Å². The molecular weight excluding hydrogens is 297 g/mol. The SMILES string of the molecule is N#CCN1CCC(NC(=O)c2c(Cl)cccc2Cl)CC1. The molecule has 4 nitrogen and oxygen atoms in total. The van der Waals surface area contributed by atoms with Crippen molar-refractivity contribution < 1.29 is 4.79 Å². The molecule has 0 unspecified atom stereocenters. The molecule has 1 N–H and O–H groups in total. The van der Waals surface area contributed by atoms with Crippen LogP contribution in [-0.4, -0.2) is 36.5 Å². The zero-order chi connectivity index (χ0) is 14.5. The number of carbonyl (C=O) groups excluding carboxylic acids is 1. The summed E-state index contributed by atoms with van der Waals surface area (Å²) in [5, 5.41) is 12.3. The topological polar surface area (TPSA) is 56.1 Å². The van der Waals surface area contributed by atoms with Gasteiger partial charge < -0.3 is 5.32 Å². The minimum atomic E-state index is -0.237. The number of piperidine rings is 1. The van der Waals surface area contributed by atoms with Gasteiger partial charge in [-0.05, 0) is 25.0 Å². The molecule has 1 aromatic carbocycles. The summed E-state index contributed by atoms with van der Waals surface area (Å²) in [5.74, 6) is -0.237. The van der Waals surface area contributed by atoms with E-state index in [1.54, 1.807) is 18.2 Å². The maximum Gasteiger partial charge on any atom is 0.254 e. The van der Waals surface area contributed by atoms with Crippen LogP contribution in [0.5, 0.6) is 0 Å². The molecule has 1 heterocycles. The molecule has 1 saturated heterocycles. The Kier molecular flexibility index (Phi) is 5.24. The van der Waals surface area contributed by atoms with Gasteiger partial charge in [0.25, 0.3) is 5.91 Å². The number of nitriles is 1. The second-order valence-corrected chi connectivity index (χ2v) is 5.59. The molecule has 0 aromatic heterocycles. The molecule has 0 spiro atoms. The minimum Gasteiger partial charge on any atom is -0.349 e. The van der Waals surface area contributed by atoms with E-state index in [0.717, 1.165) is 25.9 Å². The Morgan fingerprint density at radius 2 is 1.95 bits per heavy atom. The monoisotopic (exact) mass is 311 g/mol. The number of nitrogens with zero attached hydrogens (tertiary/aromatic N) is 2. The van der Waals surface area contributed by atoms with Crippen LogP contribution in [0.15, 0.2) is 18.2 Å². The molecule has 0 atom stereocenters. The number of benzene rings is 1. The van der Waals surface area contributed by atoms with Gasteiger partial charge in [-0.2, -0.15) is 5.26 Å². The molecule has 6 heteroatoms. The Labute approximate surface area is 128 Å². The van der Waals surface area contributed by atoms with Crippen LogP contribution in [0.25, 0.3) is 0 Å². The second-order valence-electron chi connectivity index (χ2n) is 4.78. The number of amides is 1. The van der Waals surface area contributed by atoms with E-state index >= 15 is 0 Å². The average Bonchev–Trinajstić information content (AvgIpc) is 2.41. The molecule has 1 aliphatic heterocycles. The highest BCUT2D eigenvalue weighted by Crippen LogP contribution is 2.24. The number of hydrogen-bond donors (Lipinski definition) is 1. The van der Waals surface area contributed by atoms with Crippen LogP contribution in [0.4, 0.5) is 0 Å². The van der Waals surface area contributed by atoms with Gasteiger partial charge in [0.15, 0.2) is 0 Å². The molecule has 2 rings (SSSR count). The second kappa shape index (κ2) is 6.94. The summed E-state index contributed by atoms with van der Waals surface area (Å²) in [5.41, 5.74) is 0.329. The molecule has 106 valence electrons. The first-order valence-corrected chi connectivity index (χ1v) is 7.21. The van der Waals surface area contributed by atoms with E-state index in [4.69, 9.17) is 28.5 Å². The normalized spacial score (nSPS) is 16.6. The molecule has 0 aliphatic carbocycles. The van der Waals surface area contributed by atoms with Crippen molar-refractivity contribution in [1.29, 1.82) is 5.26 Å². The molecule has 1 aromatic rings. The van der Waals surface area contributed by atoms with Crippen LogP contribution < -0.4 is 5.32 Å². The molecule has 1 aliphatic rings. The smallest absolute Gasteiger partial charge is 0.254 e. The van der Waals surface area contributed by atoms with Gasteiger partial charge in [0.05, 0.1) is 28.2 Å². The van der Waals surface area contributed by atoms with Crippen molar-refractivity contribution in [1.82, 2.24) is 10.2 Å². The lowest BCUT2D eigenvalue weighted by atomic mass is 10.0. The van der Waals surface area contributed by atoms with Crippen molar-refractivity contribution in [2.75, 3.05) is 19.6 Å². The molecule has 1 amide bonds. The summed E-state index contributed by atoms with van der Waals surface area (Å²) in [6, 6.07) is 7.25. The molecule has 0 bridgehead atoms. The zero-order valence-electron chi connectivity index (χ0n) is 10.9. The van der Waals surface area contributed by atoms with E-state index in [1.165, 1.54) is 0 Å². The first-order valence-electron chi connectivity index (χ1n) is 6.46. The highest BCUT2D eigenvalue weighted by Gasteiger charge is 2.22. The molecule has 20 heavy (non-hydrogen) atoms. The van der Waals surface area contributed by atoms with Gasteiger partial charge >= 0.3 is 0 Å². The van der Waals surface area contributed by atoms with E-state index < -0.39 is 0 Å². The maximum atomic E-state index is 12.2. The molecule has 0 saturated carbocycles. The van der Waals surface area contributed by atoms with Crippen LogP contribution in [-0.2, 0) is 0 Å². The van der Waals surface area contributed by atoms with Crippen molar-refractivity contribution in [3.8, 4) is 6.07 Å². The van der Waals surface area contributed by atoms with E-state index in [2.05, 4.69) is 16.3 Å². The third kappa shape index (κ3) is 3.63. The van der Waals surface area contributed by atoms with Crippen LogP contribution in [0.2, 0.25) is 10.0 Å². The van der Waals surface area contributed by atoms with Crippen LogP contribution in [0.3, 0.4) is 0 Å². The van der Waals surface area contributed by atoms with Crippen molar-refractivity contribution in [3.63, 3.8) is 0 Å². The van der Waals surface area contributed by atoms with Gasteiger partial charge in [0, 0.05) is 19.1 Å². The highest BCUT2D eigenvalue weighted by molar-refractivity contribution is 6.39. The summed E-state index contributed by atoms with van der Waals surface area (Å²) in [6.45, 7) is 2.07. The Morgan fingerprint density at radius 1 is 1.35 bits per heavy atom. The first kappa shape index (κ1) is 15.1. The molecule has 1 fully saturated rings. The quantitative estimate of drug-likeness (QED) is 0.873. The maximum absolute atomic E-state index is 12.2. The van der Waals surface area contributed by atoms with Crippen LogP contribution in [0.1, 0.15) is 23.2 Å². The predicted molar refractivity (Wildman–Crippen MR) is 79.0 cm³/mol. The highest BCUT2D eigenvalue weighted by atomic mass is 35.5. The van der Waals surface area contributed by atoms with Gasteiger partial charge in [0.1, 0.15) is 0 Å². The van der Waals surface area contributed by atoms with Crippen LogP contribution in [0, 0.1) is 11.3 Å². The third-order valence-corrected chi connectivity index (χ3v) is 4.04. The van der Waals surface area contributed by atoms with E-state index in [0.29, 0.717) is 22.2 Å². The lowest BCUT2D eigenvalue weighted by Crippen LogP contribution is -2.44. The van der Waals surface area contributed by atoms with Crippen molar-refractivity contribution in [2.24, 2.45) is 0 Å². The Balaban J connectivity index is 1.95. The number of rotatable bonds is 3. The van der Waals surface area contributed by atoms with Crippen molar-refractivity contribution in [3.05, 3.63) is 33.8 Å². The number of hydrogen-bond acceptors (Lipinski definition) is 3. The van der Waals surface area contributed by atoms with Crippen molar-refractivity contribution >= 4 is 29.1 Å². The Hall–Kier alpha value is -1.28. The van der Waals surface area contributed by atoms with E-state index in [9.17, 15) is 4.79 Å². The van der Waals surface area contributed by atoms with Gasteiger partial charge in [-0.1, -0.05) is 29.3 Å². The standard InChI is InChI=1S/C14H15Cl2N3O/c15-11-2-1-3-12(16)13(11)14(20)18-10-4-7-19(8-5-10)9-6-17/h1-3,10H,4-5,7-9H2,(H,18,20). The zero-order valence-corrected chi connectivity index (χ0v) is 12.4. The third-order valence-electron chi connectivity index (χ3n) is 3.41. The van der Waals surface area contributed by atoms with Gasteiger partial charge in [-0.15, -0.1) is 0 Å². The Morgan fingerprint density at radius 3 is 2.50 bits per heavy atom. The van der Waals surface area contributed by atoms with Gasteiger partial charge in [-0.3, -0.25) is 9.69 Å². The summed E-state index contributed by atoms with van der Waals surface area (Å²) >= 11 is 12.0. The van der Waals surface area contributed by atoms with E-state index in [1.807, 2.05) is 0 Å². The van der Waals surface area contributed by atoms with Gasteiger partial charge in [-0.25, -0.2) is 0 Å². The van der Waals surface area contributed by atoms with E-state index in [-0.39, 0.29) is 11.9 Å². The average molecular weight is 312 g/mol. The molecule has 0 radical (unpaired) electrons. The minimum absolute atomic E-state index is 0.102. The number of carbonyl (C=O) groups is 1. The number of likely N-dealkylation sites (tertiary alicyclic amines) is 1. The summed E-state index contributed by atoms with van der Waals surface area (Å²) in [6.07, 6.45) is 1.66.